The Morgan fingerprint density at radius 1 is 1.26 bits per heavy atom. The number of halogens is 2. The van der Waals surface area contributed by atoms with Crippen molar-refractivity contribution in [3.05, 3.63) is 29.8 Å². The van der Waals surface area contributed by atoms with Gasteiger partial charge in [-0.05, 0) is 24.6 Å². The molecule has 0 saturated carbocycles. The molecule has 106 valence electrons. The maximum absolute atomic E-state index is 12.9. The first-order chi connectivity index (χ1) is 8.86. The van der Waals surface area contributed by atoms with Gasteiger partial charge in [-0.15, -0.1) is 0 Å². The third-order valence-electron chi connectivity index (χ3n) is 2.20. The highest BCUT2D eigenvalue weighted by Crippen LogP contribution is 2.13. The van der Waals surface area contributed by atoms with Gasteiger partial charge in [0, 0.05) is 6.54 Å². The normalized spacial score (nSPS) is 11.3. The molecule has 0 fully saturated rings. The van der Waals surface area contributed by atoms with E-state index in [2.05, 4.69) is 5.32 Å². The summed E-state index contributed by atoms with van der Waals surface area (Å²) >= 11 is 0. The number of benzene rings is 1. The Hall–Kier alpha value is -1.54. The van der Waals surface area contributed by atoms with Crippen LogP contribution in [0.3, 0.4) is 0 Å². The van der Waals surface area contributed by atoms with E-state index in [1.54, 1.807) is 0 Å². The summed E-state index contributed by atoms with van der Waals surface area (Å²) < 4.78 is 51.0. The average Bonchev–Trinajstić information content (AvgIpc) is 2.37. The maximum Gasteiger partial charge on any atom is 0.241 e. The van der Waals surface area contributed by atoms with Crippen molar-refractivity contribution < 1.29 is 22.0 Å². The molecule has 1 aromatic carbocycles. The van der Waals surface area contributed by atoms with Crippen LogP contribution in [0.1, 0.15) is 13.3 Å². The zero-order valence-corrected chi connectivity index (χ0v) is 11.1. The summed E-state index contributed by atoms with van der Waals surface area (Å²) in [7, 11) is -4.04. The first-order valence-corrected chi connectivity index (χ1v) is 7.06. The lowest BCUT2D eigenvalue weighted by molar-refractivity contribution is -0.119. The van der Waals surface area contributed by atoms with Crippen LogP contribution in [0.2, 0.25) is 0 Å². The number of carbonyl (C=O) groups is 1. The zero-order chi connectivity index (χ0) is 14.5. The van der Waals surface area contributed by atoms with Gasteiger partial charge in [0.15, 0.2) is 11.6 Å². The number of carbonyl (C=O) groups excluding carboxylic acids is 1. The van der Waals surface area contributed by atoms with Crippen molar-refractivity contribution in [2.45, 2.75) is 18.2 Å². The molecule has 2 N–H and O–H groups in total. The standard InChI is InChI=1S/C11H14F2N2O3S/c1-2-5-14-11(16)7-15-19(17,18)8-3-4-9(12)10(13)6-8/h3-4,6,15H,2,5,7H2,1H3,(H,14,16). The fraction of sp³-hybridized carbons (Fsp3) is 0.364. The third kappa shape index (κ3) is 4.56. The SMILES string of the molecule is CCCNC(=O)CNS(=O)(=O)c1ccc(F)c(F)c1. The molecule has 0 radical (unpaired) electrons. The summed E-state index contributed by atoms with van der Waals surface area (Å²) in [5.41, 5.74) is 0. The fourth-order valence-corrected chi connectivity index (χ4v) is 2.21. The van der Waals surface area contributed by atoms with E-state index in [4.69, 9.17) is 0 Å². The molecule has 1 rings (SSSR count). The van der Waals surface area contributed by atoms with Gasteiger partial charge in [0.05, 0.1) is 11.4 Å². The van der Waals surface area contributed by atoms with E-state index in [0.717, 1.165) is 12.5 Å². The lowest BCUT2D eigenvalue weighted by Gasteiger charge is -2.07. The van der Waals surface area contributed by atoms with Gasteiger partial charge in [-0.2, -0.15) is 0 Å². The van der Waals surface area contributed by atoms with E-state index in [1.165, 1.54) is 0 Å². The minimum absolute atomic E-state index is 0.435. The van der Waals surface area contributed by atoms with Gasteiger partial charge in [-0.1, -0.05) is 6.92 Å². The second-order valence-corrected chi connectivity index (χ2v) is 5.52. The lowest BCUT2D eigenvalue weighted by Crippen LogP contribution is -2.37. The van der Waals surface area contributed by atoms with Crippen molar-refractivity contribution in [2.24, 2.45) is 0 Å². The average molecular weight is 292 g/mol. The van der Waals surface area contributed by atoms with E-state index >= 15 is 0 Å². The van der Waals surface area contributed by atoms with E-state index < -0.39 is 39.0 Å². The highest BCUT2D eigenvalue weighted by molar-refractivity contribution is 7.89. The Morgan fingerprint density at radius 2 is 1.95 bits per heavy atom. The van der Waals surface area contributed by atoms with Crippen LogP contribution in [0, 0.1) is 11.6 Å². The van der Waals surface area contributed by atoms with Gasteiger partial charge in [0.2, 0.25) is 15.9 Å². The van der Waals surface area contributed by atoms with Crippen LogP contribution in [-0.2, 0) is 14.8 Å². The minimum Gasteiger partial charge on any atom is -0.355 e. The molecule has 1 amide bonds. The molecule has 0 aliphatic rings. The molecule has 0 aliphatic carbocycles. The van der Waals surface area contributed by atoms with Crippen LogP contribution in [0.25, 0.3) is 0 Å². The van der Waals surface area contributed by atoms with E-state index in [9.17, 15) is 22.0 Å². The number of nitrogens with one attached hydrogen (secondary N) is 2. The van der Waals surface area contributed by atoms with Gasteiger partial charge >= 0.3 is 0 Å². The van der Waals surface area contributed by atoms with Crippen molar-refractivity contribution in [1.82, 2.24) is 10.0 Å². The second-order valence-electron chi connectivity index (χ2n) is 3.75. The first kappa shape index (κ1) is 15.5. The molecule has 0 atom stereocenters. The van der Waals surface area contributed by atoms with Crippen LogP contribution in [0.5, 0.6) is 0 Å². The summed E-state index contributed by atoms with van der Waals surface area (Å²) in [5.74, 6) is -2.90. The molecule has 0 aromatic heterocycles. The Balaban J connectivity index is 2.70. The molecule has 0 spiro atoms. The van der Waals surface area contributed by atoms with Crippen LogP contribution >= 0.6 is 0 Å². The molecule has 0 bridgehead atoms. The predicted molar refractivity (Wildman–Crippen MR) is 64.8 cm³/mol. The van der Waals surface area contributed by atoms with Gasteiger partial charge in [-0.25, -0.2) is 21.9 Å². The number of sulfonamides is 1. The van der Waals surface area contributed by atoms with Crippen molar-refractivity contribution in [3.8, 4) is 0 Å². The van der Waals surface area contributed by atoms with Crippen molar-refractivity contribution in [3.63, 3.8) is 0 Å². The number of rotatable bonds is 6. The monoisotopic (exact) mass is 292 g/mol. The maximum atomic E-state index is 12.9. The van der Waals surface area contributed by atoms with Gasteiger partial charge < -0.3 is 5.32 Å². The van der Waals surface area contributed by atoms with Crippen molar-refractivity contribution in [2.75, 3.05) is 13.1 Å². The smallest absolute Gasteiger partial charge is 0.241 e. The highest BCUT2D eigenvalue weighted by atomic mass is 32.2. The topological polar surface area (TPSA) is 75.3 Å². The second kappa shape index (κ2) is 6.58. The molecule has 0 saturated heterocycles. The minimum atomic E-state index is -4.04. The number of hydrogen-bond donors (Lipinski definition) is 2. The molecule has 0 heterocycles. The molecular weight excluding hydrogens is 278 g/mol. The number of hydrogen-bond acceptors (Lipinski definition) is 3. The summed E-state index contributed by atoms with van der Waals surface area (Å²) in [6.07, 6.45) is 0.724. The van der Waals surface area contributed by atoms with Gasteiger partial charge in [-0.3, -0.25) is 4.79 Å². The van der Waals surface area contributed by atoms with E-state index in [0.29, 0.717) is 18.7 Å². The molecule has 5 nitrogen and oxygen atoms in total. The summed E-state index contributed by atoms with van der Waals surface area (Å²) in [6, 6.07) is 2.19. The molecule has 1 aromatic rings. The predicted octanol–water partition coefficient (Wildman–Crippen LogP) is 0.769. The molecular formula is C11H14F2N2O3S. The molecule has 8 heteroatoms. The quantitative estimate of drug-likeness (QED) is 0.813. The van der Waals surface area contributed by atoms with Crippen molar-refractivity contribution >= 4 is 15.9 Å². The Kier molecular flexibility index (Phi) is 5.37. The zero-order valence-electron chi connectivity index (χ0n) is 10.2. The van der Waals surface area contributed by atoms with Gasteiger partial charge in [0.1, 0.15) is 0 Å². The lowest BCUT2D eigenvalue weighted by atomic mass is 10.3. The number of amides is 1. The Bertz CT molecular complexity index is 561. The summed E-state index contributed by atoms with van der Waals surface area (Å²) in [4.78, 5) is 10.8. The summed E-state index contributed by atoms with van der Waals surface area (Å²) in [6.45, 7) is 1.83. The van der Waals surface area contributed by atoms with Crippen molar-refractivity contribution in [1.29, 1.82) is 0 Å². The van der Waals surface area contributed by atoms with Crippen LogP contribution in [0.15, 0.2) is 23.1 Å². The van der Waals surface area contributed by atoms with Gasteiger partial charge in [0.25, 0.3) is 0 Å². The first-order valence-electron chi connectivity index (χ1n) is 5.58. The fourth-order valence-electron chi connectivity index (χ4n) is 1.21. The third-order valence-corrected chi connectivity index (χ3v) is 3.60. The summed E-state index contributed by atoms with van der Waals surface area (Å²) in [5, 5.41) is 2.48. The molecule has 0 aliphatic heterocycles. The Labute approximate surface area is 110 Å². The van der Waals surface area contributed by atoms with E-state index in [1.807, 2.05) is 11.6 Å². The largest absolute Gasteiger partial charge is 0.355 e. The molecule has 19 heavy (non-hydrogen) atoms. The van der Waals surface area contributed by atoms with E-state index in [-0.39, 0.29) is 0 Å². The highest BCUT2D eigenvalue weighted by Gasteiger charge is 2.17. The van der Waals surface area contributed by atoms with Crippen LogP contribution < -0.4 is 10.0 Å². The van der Waals surface area contributed by atoms with Crippen LogP contribution in [-0.4, -0.2) is 27.4 Å². The van der Waals surface area contributed by atoms with Crippen LogP contribution in [0.4, 0.5) is 8.78 Å². The molecule has 0 unspecified atom stereocenters. The Morgan fingerprint density at radius 3 is 2.53 bits per heavy atom.